The minimum atomic E-state index is 0.654. The average Bonchev–Trinajstić information content (AvgIpc) is 2.53. The molecule has 5 heteroatoms. The number of fused-ring (bicyclic) bond motifs is 1. The first kappa shape index (κ1) is 16.7. The summed E-state index contributed by atoms with van der Waals surface area (Å²) in [6.07, 6.45) is 10.2. The molecule has 1 aromatic rings. The van der Waals surface area contributed by atoms with E-state index in [0.717, 1.165) is 46.0 Å². The summed E-state index contributed by atoms with van der Waals surface area (Å²) in [5.74, 6) is 1.67. The van der Waals surface area contributed by atoms with Gasteiger partial charge < -0.3 is 9.64 Å². The first-order chi connectivity index (χ1) is 11.1. The van der Waals surface area contributed by atoms with Crippen molar-refractivity contribution in [2.75, 3.05) is 26.7 Å². The van der Waals surface area contributed by atoms with Crippen LogP contribution in [0.4, 0.5) is 0 Å². The molecule has 0 unspecified atom stereocenters. The Bertz CT molecular complexity index is 705. The number of hydrogen-bond donors (Lipinski definition) is 0. The summed E-state index contributed by atoms with van der Waals surface area (Å²) in [6, 6.07) is 0. The van der Waals surface area contributed by atoms with E-state index in [0.29, 0.717) is 5.92 Å². The molecule has 1 aliphatic heterocycles. The number of aryl methyl sites for hydroxylation is 1. The van der Waals surface area contributed by atoms with E-state index in [1.165, 1.54) is 25.9 Å². The Morgan fingerprint density at radius 3 is 2.87 bits per heavy atom. The number of allylic oxidation sites excluding steroid dienone is 2. The number of hydrogen-bond acceptors (Lipinski definition) is 4. The second-order valence-corrected chi connectivity index (χ2v) is 7.39. The van der Waals surface area contributed by atoms with Crippen molar-refractivity contribution in [3.63, 3.8) is 0 Å². The summed E-state index contributed by atoms with van der Waals surface area (Å²) in [7, 11) is 2.19. The van der Waals surface area contributed by atoms with Crippen LogP contribution in [0.1, 0.15) is 31.4 Å². The van der Waals surface area contributed by atoms with Gasteiger partial charge in [0, 0.05) is 21.8 Å². The highest BCUT2D eigenvalue weighted by Gasteiger charge is 2.18. The molecule has 0 amide bonds. The van der Waals surface area contributed by atoms with E-state index in [-0.39, 0.29) is 0 Å². The maximum Gasteiger partial charge on any atom is 0.123 e. The predicted octanol–water partition coefficient (Wildman–Crippen LogP) is 2.10. The molecule has 2 heterocycles. The van der Waals surface area contributed by atoms with Gasteiger partial charge in [0.1, 0.15) is 17.4 Å². The summed E-state index contributed by atoms with van der Waals surface area (Å²) in [5, 5.41) is 2.02. The molecular weight excluding hydrogens is 354 g/mol. The molecule has 0 saturated carbocycles. The molecule has 0 aromatic carbocycles. The van der Waals surface area contributed by atoms with Crippen LogP contribution in [0.2, 0.25) is 0 Å². The van der Waals surface area contributed by atoms with Gasteiger partial charge in [0.15, 0.2) is 0 Å². The smallest absolute Gasteiger partial charge is 0.123 e. The topological polar surface area (TPSA) is 38.3 Å². The molecule has 0 spiro atoms. The molecule has 0 N–H and O–H groups in total. The van der Waals surface area contributed by atoms with E-state index in [1.54, 1.807) is 6.33 Å². The normalized spacial score (nSPS) is 24.0. The first-order valence-electron chi connectivity index (χ1n) is 8.33. The molecule has 0 bridgehead atoms. The number of ether oxygens (including phenoxy) is 1. The Kier molecular flexibility index (Phi) is 5.49. The van der Waals surface area contributed by atoms with Gasteiger partial charge in [-0.15, -0.1) is 0 Å². The van der Waals surface area contributed by atoms with Crippen LogP contribution in [0, 0.1) is 12.8 Å². The van der Waals surface area contributed by atoms with Crippen molar-refractivity contribution in [2.24, 2.45) is 5.92 Å². The number of aromatic nitrogens is 2. The van der Waals surface area contributed by atoms with Crippen LogP contribution in [-0.4, -0.2) is 41.6 Å². The highest BCUT2D eigenvalue weighted by Crippen LogP contribution is 2.20. The molecule has 0 radical (unpaired) electrons. The van der Waals surface area contributed by atoms with Gasteiger partial charge in [-0.05, 0) is 58.3 Å². The van der Waals surface area contributed by atoms with Gasteiger partial charge in [-0.1, -0.05) is 22.0 Å². The van der Waals surface area contributed by atoms with Crippen molar-refractivity contribution < 1.29 is 4.74 Å². The largest absolute Gasteiger partial charge is 0.495 e. The Balaban J connectivity index is 1.86. The number of rotatable bonds is 3. The van der Waals surface area contributed by atoms with Gasteiger partial charge >= 0.3 is 0 Å². The van der Waals surface area contributed by atoms with Crippen LogP contribution in [0.15, 0.2) is 16.9 Å². The molecule has 4 nitrogen and oxygen atoms in total. The van der Waals surface area contributed by atoms with Crippen molar-refractivity contribution in [2.45, 2.75) is 32.6 Å². The molecule has 1 saturated heterocycles. The van der Waals surface area contributed by atoms with Crippen molar-refractivity contribution in [3.8, 4) is 0 Å². The number of halogens is 1. The average molecular weight is 378 g/mol. The maximum absolute atomic E-state index is 6.25. The summed E-state index contributed by atoms with van der Waals surface area (Å²) < 4.78 is 7.34. The predicted molar refractivity (Wildman–Crippen MR) is 96.3 cm³/mol. The lowest BCUT2D eigenvalue weighted by Gasteiger charge is -2.29. The first-order valence-corrected chi connectivity index (χ1v) is 9.12. The minimum absolute atomic E-state index is 0.654. The monoisotopic (exact) mass is 377 g/mol. The highest BCUT2D eigenvalue weighted by molar-refractivity contribution is 9.12. The fourth-order valence-corrected chi connectivity index (χ4v) is 3.58. The van der Waals surface area contributed by atoms with Gasteiger partial charge in [0.2, 0.25) is 0 Å². The number of nitrogens with zero attached hydrogens (tertiary/aromatic N) is 3. The molecule has 124 valence electrons. The number of likely N-dealkylation sites (tertiary alicyclic amines) is 1. The second-order valence-electron chi connectivity index (χ2n) is 6.47. The lowest BCUT2D eigenvalue weighted by atomic mass is 9.98. The molecule has 0 atom stereocenters. The summed E-state index contributed by atoms with van der Waals surface area (Å²) in [6.45, 7) is 5.17. The molecule has 1 aliphatic carbocycles. The molecular formula is C18H24BrN3O. The van der Waals surface area contributed by atoms with Gasteiger partial charge in [-0.3, -0.25) is 0 Å². The summed E-state index contributed by atoms with van der Waals surface area (Å²) in [5.41, 5.74) is 0.989. The number of piperidine rings is 1. The van der Waals surface area contributed by atoms with Crippen molar-refractivity contribution in [1.29, 1.82) is 0 Å². The zero-order valence-corrected chi connectivity index (χ0v) is 15.5. The molecule has 23 heavy (non-hydrogen) atoms. The van der Waals surface area contributed by atoms with Crippen molar-refractivity contribution in [3.05, 3.63) is 33.1 Å². The van der Waals surface area contributed by atoms with Crippen LogP contribution in [0.3, 0.4) is 0 Å². The molecule has 2 aliphatic rings. The fraction of sp³-hybridized carbons (Fsp3) is 0.556. The van der Waals surface area contributed by atoms with Gasteiger partial charge in [-0.25, -0.2) is 9.97 Å². The van der Waals surface area contributed by atoms with Gasteiger partial charge in [0.05, 0.1) is 6.61 Å². The van der Waals surface area contributed by atoms with E-state index >= 15 is 0 Å². The maximum atomic E-state index is 6.25. The Labute approximate surface area is 146 Å². The Morgan fingerprint density at radius 2 is 2.09 bits per heavy atom. The van der Waals surface area contributed by atoms with Crippen LogP contribution in [0.5, 0.6) is 0 Å². The lowest BCUT2D eigenvalue weighted by Crippen LogP contribution is -2.36. The van der Waals surface area contributed by atoms with E-state index in [9.17, 15) is 0 Å². The quantitative estimate of drug-likeness (QED) is 0.808. The van der Waals surface area contributed by atoms with E-state index in [4.69, 9.17) is 4.74 Å². The van der Waals surface area contributed by atoms with E-state index in [1.807, 2.05) is 6.92 Å². The third kappa shape index (κ3) is 4.21. The fourth-order valence-electron chi connectivity index (χ4n) is 3.12. The van der Waals surface area contributed by atoms with Gasteiger partial charge in [-0.2, -0.15) is 0 Å². The molecule has 1 fully saturated rings. The summed E-state index contributed by atoms with van der Waals surface area (Å²) >= 11 is 3.60. The van der Waals surface area contributed by atoms with Crippen LogP contribution in [0.25, 0.3) is 11.8 Å². The molecule has 3 rings (SSSR count). The SMILES string of the molecule is Cc1ncnc2/c1=C\C(Br)=CCC/C=2OCC1CCN(C)CC1. The third-order valence-electron chi connectivity index (χ3n) is 4.67. The van der Waals surface area contributed by atoms with Crippen LogP contribution < -0.4 is 10.6 Å². The zero-order valence-electron chi connectivity index (χ0n) is 13.9. The van der Waals surface area contributed by atoms with E-state index in [2.05, 4.69) is 50.0 Å². The van der Waals surface area contributed by atoms with Gasteiger partial charge in [0.25, 0.3) is 0 Å². The van der Waals surface area contributed by atoms with Crippen LogP contribution >= 0.6 is 15.9 Å². The standard InChI is InChI=1S/C18H24BrN3O/c1-13-16-10-15(19)4-3-5-17(18(16)21-12-20-13)23-11-14-6-8-22(2)9-7-14/h4,10,12,14H,3,5-9,11H2,1-2H3/b15-4?,16-10-,18-17+. The van der Waals surface area contributed by atoms with Crippen molar-refractivity contribution >= 4 is 27.8 Å². The van der Waals surface area contributed by atoms with Crippen LogP contribution in [-0.2, 0) is 4.74 Å². The second kappa shape index (κ2) is 7.58. The Hall–Kier alpha value is -1.20. The van der Waals surface area contributed by atoms with E-state index < -0.39 is 0 Å². The summed E-state index contributed by atoms with van der Waals surface area (Å²) in [4.78, 5) is 11.2. The molecule has 1 aromatic heterocycles. The highest BCUT2D eigenvalue weighted by atomic mass is 79.9. The third-order valence-corrected chi connectivity index (χ3v) is 5.22. The lowest BCUT2D eigenvalue weighted by molar-refractivity contribution is 0.139. The zero-order chi connectivity index (χ0) is 16.2. The van der Waals surface area contributed by atoms with Crippen molar-refractivity contribution in [1.82, 2.24) is 14.9 Å². The minimum Gasteiger partial charge on any atom is -0.495 e. The Morgan fingerprint density at radius 1 is 1.30 bits per heavy atom.